The van der Waals surface area contributed by atoms with E-state index in [1.165, 1.54) is 19.3 Å². The summed E-state index contributed by atoms with van der Waals surface area (Å²) in [5.41, 5.74) is 1.14. The molecule has 1 unspecified atom stereocenters. The van der Waals surface area contributed by atoms with E-state index in [0.717, 1.165) is 30.4 Å². The Hall–Kier alpha value is -0.960. The van der Waals surface area contributed by atoms with Gasteiger partial charge in [-0.05, 0) is 38.3 Å². The SMILES string of the molecule is CCCNC(CC(CC)CC)c1ccnc(C)n1. The molecule has 0 bridgehead atoms. The molecule has 0 aliphatic rings. The van der Waals surface area contributed by atoms with Gasteiger partial charge in [-0.25, -0.2) is 9.97 Å². The first-order valence-corrected chi connectivity index (χ1v) is 7.24. The molecule has 18 heavy (non-hydrogen) atoms. The summed E-state index contributed by atoms with van der Waals surface area (Å²) >= 11 is 0. The van der Waals surface area contributed by atoms with Gasteiger partial charge in [0.1, 0.15) is 5.82 Å². The van der Waals surface area contributed by atoms with E-state index in [9.17, 15) is 0 Å². The first kappa shape index (κ1) is 15.1. The summed E-state index contributed by atoms with van der Waals surface area (Å²) in [6.45, 7) is 9.75. The predicted octanol–water partition coefficient (Wildman–Crippen LogP) is 3.65. The van der Waals surface area contributed by atoms with Gasteiger partial charge in [0, 0.05) is 12.2 Å². The highest BCUT2D eigenvalue weighted by Crippen LogP contribution is 2.24. The molecule has 1 heterocycles. The number of nitrogens with one attached hydrogen (secondary N) is 1. The lowest BCUT2D eigenvalue weighted by atomic mass is 9.93. The number of aromatic nitrogens is 2. The van der Waals surface area contributed by atoms with Gasteiger partial charge in [-0.3, -0.25) is 0 Å². The van der Waals surface area contributed by atoms with E-state index in [0.29, 0.717) is 6.04 Å². The zero-order valence-corrected chi connectivity index (χ0v) is 12.2. The molecule has 0 fully saturated rings. The lowest BCUT2D eigenvalue weighted by Crippen LogP contribution is -2.25. The lowest BCUT2D eigenvalue weighted by molar-refractivity contribution is 0.366. The molecule has 1 atom stereocenters. The van der Waals surface area contributed by atoms with Gasteiger partial charge in [0.15, 0.2) is 0 Å². The van der Waals surface area contributed by atoms with Crippen LogP contribution in [0.15, 0.2) is 12.3 Å². The zero-order chi connectivity index (χ0) is 13.4. The molecule has 0 amide bonds. The Labute approximate surface area is 111 Å². The fraction of sp³-hybridized carbons (Fsp3) is 0.733. The molecule has 0 saturated heterocycles. The summed E-state index contributed by atoms with van der Waals surface area (Å²) in [7, 11) is 0. The van der Waals surface area contributed by atoms with E-state index in [2.05, 4.69) is 36.1 Å². The minimum Gasteiger partial charge on any atom is -0.309 e. The van der Waals surface area contributed by atoms with Crippen molar-refractivity contribution in [2.45, 2.75) is 59.4 Å². The van der Waals surface area contributed by atoms with Crippen LogP contribution in [0.3, 0.4) is 0 Å². The predicted molar refractivity (Wildman–Crippen MR) is 76.5 cm³/mol. The van der Waals surface area contributed by atoms with Crippen molar-refractivity contribution in [3.63, 3.8) is 0 Å². The van der Waals surface area contributed by atoms with E-state index < -0.39 is 0 Å². The Morgan fingerprint density at radius 1 is 1.22 bits per heavy atom. The molecule has 0 aliphatic heterocycles. The molecule has 0 aromatic carbocycles. The van der Waals surface area contributed by atoms with Crippen LogP contribution in [0.25, 0.3) is 0 Å². The van der Waals surface area contributed by atoms with Crippen LogP contribution in [0.5, 0.6) is 0 Å². The van der Waals surface area contributed by atoms with Gasteiger partial charge in [-0.15, -0.1) is 0 Å². The average Bonchev–Trinajstić information content (AvgIpc) is 2.39. The Morgan fingerprint density at radius 2 is 1.94 bits per heavy atom. The molecule has 1 N–H and O–H groups in total. The number of hydrogen-bond donors (Lipinski definition) is 1. The van der Waals surface area contributed by atoms with Crippen LogP contribution in [0, 0.1) is 12.8 Å². The standard InChI is InChI=1S/C15H27N3/c1-5-9-17-15(11-13(6-2)7-3)14-8-10-16-12(4)18-14/h8,10,13,15,17H,5-7,9,11H2,1-4H3. The Balaban J connectivity index is 2.76. The van der Waals surface area contributed by atoms with E-state index in [1.807, 2.05) is 19.2 Å². The first-order valence-electron chi connectivity index (χ1n) is 7.24. The highest BCUT2D eigenvalue weighted by molar-refractivity contribution is 5.07. The van der Waals surface area contributed by atoms with Gasteiger partial charge in [0.25, 0.3) is 0 Å². The molecule has 1 aromatic heterocycles. The smallest absolute Gasteiger partial charge is 0.125 e. The number of aryl methyl sites for hydroxylation is 1. The van der Waals surface area contributed by atoms with Crippen molar-refractivity contribution in [3.05, 3.63) is 23.8 Å². The van der Waals surface area contributed by atoms with Gasteiger partial charge in [0.05, 0.1) is 5.69 Å². The third-order valence-corrected chi connectivity index (χ3v) is 3.52. The fourth-order valence-electron chi connectivity index (χ4n) is 2.25. The summed E-state index contributed by atoms with van der Waals surface area (Å²) in [5, 5.41) is 3.62. The molecule has 0 saturated carbocycles. The second-order valence-corrected chi connectivity index (χ2v) is 4.95. The molecule has 0 spiro atoms. The molecule has 0 radical (unpaired) electrons. The minimum absolute atomic E-state index is 0.372. The monoisotopic (exact) mass is 249 g/mol. The van der Waals surface area contributed by atoms with Crippen molar-refractivity contribution in [2.24, 2.45) is 5.92 Å². The zero-order valence-electron chi connectivity index (χ0n) is 12.2. The van der Waals surface area contributed by atoms with Crippen molar-refractivity contribution in [1.82, 2.24) is 15.3 Å². The minimum atomic E-state index is 0.372. The molecule has 1 aromatic rings. The van der Waals surface area contributed by atoms with Crippen molar-refractivity contribution in [3.8, 4) is 0 Å². The Bertz CT molecular complexity index is 334. The van der Waals surface area contributed by atoms with Gasteiger partial charge in [0.2, 0.25) is 0 Å². The number of rotatable bonds is 8. The van der Waals surface area contributed by atoms with Crippen molar-refractivity contribution < 1.29 is 0 Å². The maximum Gasteiger partial charge on any atom is 0.125 e. The summed E-state index contributed by atoms with van der Waals surface area (Å²) in [6, 6.07) is 2.42. The van der Waals surface area contributed by atoms with E-state index >= 15 is 0 Å². The maximum atomic E-state index is 4.57. The van der Waals surface area contributed by atoms with Crippen LogP contribution in [-0.4, -0.2) is 16.5 Å². The van der Waals surface area contributed by atoms with Crippen LogP contribution in [0.4, 0.5) is 0 Å². The Morgan fingerprint density at radius 3 is 2.50 bits per heavy atom. The number of hydrogen-bond acceptors (Lipinski definition) is 3. The van der Waals surface area contributed by atoms with Gasteiger partial charge >= 0.3 is 0 Å². The molecule has 0 aliphatic carbocycles. The Kier molecular flexibility index (Phi) is 6.88. The first-order chi connectivity index (χ1) is 8.71. The summed E-state index contributed by atoms with van der Waals surface area (Å²) in [6.07, 6.45) is 6.67. The van der Waals surface area contributed by atoms with E-state index in [-0.39, 0.29) is 0 Å². The highest BCUT2D eigenvalue weighted by atomic mass is 15.0. The van der Waals surface area contributed by atoms with Crippen LogP contribution >= 0.6 is 0 Å². The van der Waals surface area contributed by atoms with Crippen LogP contribution in [-0.2, 0) is 0 Å². The van der Waals surface area contributed by atoms with Gasteiger partial charge < -0.3 is 5.32 Å². The maximum absolute atomic E-state index is 4.57. The van der Waals surface area contributed by atoms with Crippen LogP contribution in [0.1, 0.15) is 64.0 Å². The second-order valence-electron chi connectivity index (χ2n) is 4.95. The van der Waals surface area contributed by atoms with Crippen molar-refractivity contribution in [1.29, 1.82) is 0 Å². The van der Waals surface area contributed by atoms with Crippen molar-refractivity contribution in [2.75, 3.05) is 6.54 Å². The van der Waals surface area contributed by atoms with Crippen molar-refractivity contribution >= 4 is 0 Å². The quantitative estimate of drug-likeness (QED) is 0.764. The molecule has 3 heteroatoms. The van der Waals surface area contributed by atoms with Crippen LogP contribution < -0.4 is 5.32 Å². The molecule has 102 valence electrons. The molecule has 3 nitrogen and oxygen atoms in total. The van der Waals surface area contributed by atoms with Crippen LogP contribution in [0.2, 0.25) is 0 Å². The lowest BCUT2D eigenvalue weighted by Gasteiger charge is -2.22. The largest absolute Gasteiger partial charge is 0.309 e. The second kappa shape index (κ2) is 8.20. The number of nitrogens with zero attached hydrogens (tertiary/aromatic N) is 2. The molecular formula is C15H27N3. The fourth-order valence-corrected chi connectivity index (χ4v) is 2.25. The van der Waals surface area contributed by atoms with Gasteiger partial charge in [-0.2, -0.15) is 0 Å². The topological polar surface area (TPSA) is 37.8 Å². The molecule has 1 rings (SSSR count). The average molecular weight is 249 g/mol. The normalized spacial score (nSPS) is 12.9. The van der Waals surface area contributed by atoms with E-state index in [4.69, 9.17) is 0 Å². The summed E-state index contributed by atoms with van der Waals surface area (Å²) in [5.74, 6) is 1.63. The summed E-state index contributed by atoms with van der Waals surface area (Å²) in [4.78, 5) is 8.76. The van der Waals surface area contributed by atoms with Gasteiger partial charge in [-0.1, -0.05) is 33.6 Å². The molecular weight excluding hydrogens is 222 g/mol. The summed E-state index contributed by atoms with van der Waals surface area (Å²) < 4.78 is 0. The highest BCUT2D eigenvalue weighted by Gasteiger charge is 2.16. The third kappa shape index (κ3) is 4.73. The van der Waals surface area contributed by atoms with E-state index in [1.54, 1.807) is 0 Å². The third-order valence-electron chi connectivity index (χ3n) is 3.52.